The molecule has 2 atom stereocenters. The number of likely N-dealkylation sites (N-methyl/N-ethyl adjacent to an activating group) is 1. The minimum absolute atomic E-state index is 0.0307. The molecule has 2 heteroatoms. The molecule has 11 heavy (non-hydrogen) atoms. The molecule has 0 saturated carbocycles. The molecule has 0 amide bonds. The Labute approximate surface area is 69.8 Å². The summed E-state index contributed by atoms with van der Waals surface area (Å²) in [5.41, 5.74) is 6.20. The average molecular weight is 156 g/mol. The fourth-order valence-corrected chi connectivity index (χ4v) is 2.28. The van der Waals surface area contributed by atoms with Crippen LogP contribution in [0.1, 0.15) is 20.8 Å². The van der Waals surface area contributed by atoms with Crippen molar-refractivity contribution >= 4 is 0 Å². The highest BCUT2D eigenvalue weighted by Gasteiger charge is 2.39. The number of rotatable bonds is 1. The second-order valence-electron chi connectivity index (χ2n) is 4.55. The van der Waals surface area contributed by atoms with Crippen LogP contribution in [-0.4, -0.2) is 30.6 Å². The summed E-state index contributed by atoms with van der Waals surface area (Å²) in [7, 11) is 2.15. The molecular formula is C9H20N2. The number of nitrogens with zero attached hydrogens (tertiary/aromatic N) is 1. The van der Waals surface area contributed by atoms with Crippen molar-refractivity contribution in [2.45, 2.75) is 26.3 Å². The molecule has 66 valence electrons. The van der Waals surface area contributed by atoms with Crippen LogP contribution in [0.4, 0.5) is 0 Å². The molecule has 2 nitrogen and oxygen atoms in total. The maximum absolute atomic E-state index is 6.17. The van der Waals surface area contributed by atoms with E-state index >= 15 is 0 Å². The Morgan fingerprint density at radius 2 is 2.09 bits per heavy atom. The van der Waals surface area contributed by atoms with Gasteiger partial charge in [0.15, 0.2) is 0 Å². The molecule has 1 fully saturated rings. The number of nitrogens with two attached hydrogens (primary N) is 1. The first kappa shape index (κ1) is 9.01. The van der Waals surface area contributed by atoms with Crippen LogP contribution >= 0.6 is 0 Å². The van der Waals surface area contributed by atoms with Crippen molar-refractivity contribution in [3.8, 4) is 0 Å². The van der Waals surface area contributed by atoms with Gasteiger partial charge < -0.3 is 10.6 Å². The third kappa shape index (κ3) is 1.74. The third-order valence-corrected chi connectivity index (χ3v) is 2.77. The highest BCUT2D eigenvalue weighted by atomic mass is 15.2. The van der Waals surface area contributed by atoms with E-state index in [1.165, 1.54) is 0 Å². The largest absolute Gasteiger partial charge is 0.324 e. The lowest BCUT2D eigenvalue weighted by atomic mass is 9.82. The van der Waals surface area contributed by atoms with Crippen LogP contribution in [0.3, 0.4) is 0 Å². The van der Waals surface area contributed by atoms with Crippen LogP contribution in [-0.2, 0) is 0 Å². The Morgan fingerprint density at radius 1 is 1.55 bits per heavy atom. The van der Waals surface area contributed by atoms with E-state index in [2.05, 4.69) is 32.7 Å². The van der Waals surface area contributed by atoms with E-state index in [-0.39, 0.29) is 5.54 Å². The summed E-state index contributed by atoms with van der Waals surface area (Å²) >= 11 is 0. The van der Waals surface area contributed by atoms with Gasteiger partial charge in [-0.15, -0.1) is 0 Å². The van der Waals surface area contributed by atoms with E-state index in [1.807, 2.05) is 0 Å². The topological polar surface area (TPSA) is 29.3 Å². The summed E-state index contributed by atoms with van der Waals surface area (Å²) in [6.07, 6.45) is 0. The first-order valence-electron chi connectivity index (χ1n) is 4.41. The minimum Gasteiger partial charge on any atom is -0.324 e. The van der Waals surface area contributed by atoms with Gasteiger partial charge in [0.05, 0.1) is 0 Å². The SMILES string of the molecule is CC(C)[C@@H]1CN(C)C[C@@]1(C)N. The molecule has 0 unspecified atom stereocenters. The summed E-state index contributed by atoms with van der Waals surface area (Å²) in [6.45, 7) is 8.88. The van der Waals surface area contributed by atoms with Gasteiger partial charge in [0.1, 0.15) is 0 Å². The van der Waals surface area contributed by atoms with E-state index in [1.54, 1.807) is 0 Å². The molecule has 0 spiro atoms. The summed E-state index contributed by atoms with van der Waals surface area (Å²) in [4.78, 5) is 2.32. The first-order chi connectivity index (χ1) is 4.93. The highest BCUT2D eigenvalue weighted by molar-refractivity contribution is 4.97. The molecule has 1 aliphatic heterocycles. The maximum atomic E-state index is 6.17. The maximum Gasteiger partial charge on any atom is 0.0297 e. The van der Waals surface area contributed by atoms with Crippen LogP contribution in [0.25, 0.3) is 0 Å². The van der Waals surface area contributed by atoms with Crippen molar-refractivity contribution < 1.29 is 0 Å². The van der Waals surface area contributed by atoms with Crippen LogP contribution in [0, 0.1) is 11.8 Å². The average Bonchev–Trinajstić information content (AvgIpc) is 2.04. The standard InChI is InChI=1S/C9H20N2/c1-7(2)8-5-11(4)6-9(8,3)10/h7-8H,5-6,10H2,1-4H3/t8-,9+/m0/s1. The zero-order valence-corrected chi connectivity index (χ0v) is 8.09. The van der Waals surface area contributed by atoms with Crippen LogP contribution < -0.4 is 5.73 Å². The number of hydrogen-bond donors (Lipinski definition) is 1. The Bertz CT molecular complexity index is 140. The lowest BCUT2D eigenvalue weighted by Crippen LogP contribution is -2.46. The molecular weight excluding hydrogens is 136 g/mol. The van der Waals surface area contributed by atoms with Gasteiger partial charge in [0.2, 0.25) is 0 Å². The Morgan fingerprint density at radius 3 is 2.27 bits per heavy atom. The smallest absolute Gasteiger partial charge is 0.0297 e. The number of hydrogen-bond acceptors (Lipinski definition) is 2. The fraction of sp³-hybridized carbons (Fsp3) is 1.00. The quantitative estimate of drug-likeness (QED) is 0.612. The van der Waals surface area contributed by atoms with Gasteiger partial charge in [0, 0.05) is 18.6 Å². The summed E-state index contributed by atoms with van der Waals surface area (Å²) in [6, 6.07) is 0. The minimum atomic E-state index is 0.0307. The van der Waals surface area contributed by atoms with Crippen LogP contribution in [0.15, 0.2) is 0 Å². The van der Waals surface area contributed by atoms with Crippen molar-refractivity contribution in [2.24, 2.45) is 17.6 Å². The first-order valence-corrected chi connectivity index (χ1v) is 4.41. The molecule has 0 aliphatic carbocycles. The van der Waals surface area contributed by atoms with Gasteiger partial charge in [-0.2, -0.15) is 0 Å². The van der Waals surface area contributed by atoms with Crippen LogP contribution in [0.5, 0.6) is 0 Å². The summed E-state index contributed by atoms with van der Waals surface area (Å²) in [5, 5.41) is 0. The Kier molecular flexibility index (Phi) is 2.26. The van der Waals surface area contributed by atoms with Gasteiger partial charge >= 0.3 is 0 Å². The molecule has 0 aromatic rings. The van der Waals surface area contributed by atoms with Crippen molar-refractivity contribution in [3.05, 3.63) is 0 Å². The predicted octanol–water partition coefficient (Wildman–Crippen LogP) is 0.921. The fourth-order valence-electron chi connectivity index (χ4n) is 2.28. The van der Waals surface area contributed by atoms with Crippen molar-refractivity contribution in [1.82, 2.24) is 4.90 Å². The van der Waals surface area contributed by atoms with Crippen LogP contribution in [0.2, 0.25) is 0 Å². The number of likely N-dealkylation sites (tertiary alicyclic amines) is 1. The van der Waals surface area contributed by atoms with Gasteiger partial charge in [-0.1, -0.05) is 13.8 Å². The van der Waals surface area contributed by atoms with Crippen molar-refractivity contribution in [1.29, 1.82) is 0 Å². The van der Waals surface area contributed by atoms with E-state index in [9.17, 15) is 0 Å². The van der Waals surface area contributed by atoms with E-state index in [0.29, 0.717) is 11.8 Å². The van der Waals surface area contributed by atoms with Gasteiger partial charge in [-0.05, 0) is 25.8 Å². The third-order valence-electron chi connectivity index (χ3n) is 2.77. The molecule has 2 N–H and O–H groups in total. The normalized spacial score (nSPS) is 40.4. The second-order valence-corrected chi connectivity index (χ2v) is 4.55. The van der Waals surface area contributed by atoms with Crippen molar-refractivity contribution in [2.75, 3.05) is 20.1 Å². The van der Waals surface area contributed by atoms with Gasteiger partial charge in [-0.25, -0.2) is 0 Å². The molecule has 0 radical (unpaired) electrons. The van der Waals surface area contributed by atoms with E-state index in [4.69, 9.17) is 5.73 Å². The molecule has 0 bridgehead atoms. The summed E-state index contributed by atoms with van der Waals surface area (Å²) < 4.78 is 0. The molecule has 1 rings (SSSR count). The second kappa shape index (κ2) is 2.76. The van der Waals surface area contributed by atoms with Gasteiger partial charge in [0.25, 0.3) is 0 Å². The summed E-state index contributed by atoms with van der Waals surface area (Å²) in [5.74, 6) is 1.36. The lowest BCUT2D eigenvalue weighted by molar-refractivity contribution is 0.290. The molecule has 0 aromatic carbocycles. The van der Waals surface area contributed by atoms with Crippen molar-refractivity contribution in [3.63, 3.8) is 0 Å². The lowest BCUT2D eigenvalue weighted by Gasteiger charge is -2.28. The predicted molar refractivity (Wildman–Crippen MR) is 48.4 cm³/mol. The molecule has 1 heterocycles. The highest BCUT2D eigenvalue weighted by Crippen LogP contribution is 2.29. The molecule has 1 saturated heterocycles. The van der Waals surface area contributed by atoms with E-state index < -0.39 is 0 Å². The molecule has 0 aromatic heterocycles. The zero-order chi connectivity index (χ0) is 8.65. The Hall–Kier alpha value is -0.0800. The zero-order valence-electron chi connectivity index (χ0n) is 8.09. The molecule has 1 aliphatic rings. The Balaban J connectivity index is 2.66. The monoisotopic (exact) mass is 156 g/mol. The van der Waals surface area contributed by atoms with Gasteiger partial charge in [-0.3, -0.25) is 0 Å². The van der Waals surface area contributed by atoms with E-state index in [0.717, 1.165) is 13.1 Å².